The average molecular weight is 609 g/mol. The molecule has 9 aromatic carbocycles. The summed E-state index contributed by atoms with van der Waals surface area (Å²) in [4.78, 5) is 0. The molecule has 0 fully saturated rings. The van der Waals surface area contributed by atoms with Crippen LogP contribution in [0.5, 0.6) is 0 Å². The molecule has 0 N–H and O–H groups in total. The Hall–Kier alpha value is -6.38. The molecule has 2 heterocycles. The van der Waals surface area contributed by atoms with E-state index in [0.29, 0.717) is 0 Å². The number of benzene rings is 9. The van der Waals surface area contributed by atoms with Crippen molar-refractivity contribution in [3.05, 3.63) is 170 Å². The van der Waals surface area contributed by atoms with Gasteiger partial charge in [-0.3, -0.25) is 0 Å². The van der Waals surface area contributed by atoms with E-state index >= 15 is 0 Å². The summed E-state index contributed by atoms with van der Waals surface area (Å²) in [6.07, 6.45) is 0. The van der Waals surface area contributed by atoms with Crippen molar-refractivity contribution >= 4 is 86.7 Å². The predicted molar refractivity (Wildman–Crippen MR) is 205 cm³/mol. The van der Waals surface area contributed by atoms with Gasteiger partial charge >= 0.3 is 0 Å². The van der Waals surface area contributed by atoms with E-state index in [9.17, 15) is 0 Å². The molecule has 0 aliphatic rings. The Labute approximate surface area is 276 Å². The number of aromatic nitrogens is 2. The normalized spacial score (nSPS) is 12.2. The number of rotatable bonds is 2. The van der Waals surface area contributed by atoms with Gasteiger partial charge in [0.05, 0.1) is 22.1 Å². The molecule has 48 heavy (non-hydrogen) atoms. The second-order valence-electron chi connectivity index (χ2n) is 12.9. The number of hydrogen-bond donors (Lipinski definition) is 0. The highest BCUT2D eigenvalue weighted by atomic mass is 15.0. The number of hydrogen-bond acceptors (Lipinski definition) is 0. The third kappa shape index (κ3) is 3.41. The quantitative estimate of drug-likeness (QED) is 0.185. The van der Waals surface area contributed by atoms with Crippen molar-refractivity contribution in [2.45, 2.75) is 0 Å². The molecule has 11 rings (SSSR count). The maximum absolute atomic E-state index is 2.44. The summed E-state index contributed by atoms with van der Waals surface area (Å²) in [6.45, 7) is 0. The first kappa shape index (κ1) is 25.8. The van der Waals surface area contributed by atoms with E-state index in [2.05, 4.69) is 179 Å². The molecule has 0 amide bonds. The molecule has 2 nitrogen and oxygen atoms in total. The smallest absolute Gasteiger partial charge is 0.0547 e. The first-order valence-corrected chi connectivity index (χ1v) is 16.6. The molecular formula is C46H28N2. The molecule has 0 saturated heterocycles. The molecule has 0 spiro atoms. The molecule has 0 aliphatic carbocycles. The Bertz CT molecular complexity index is 2700. The lowest BCUT2D eigenvalue weighted by atomic mass is 10.00. The summed E-state index contributed by atoms with van der Waals surface area (Å²) < 4.78 is 4.89. The first-order chi connectivity index (χ1) is 23.8. The SMILES string of the molecule is c1ccc2c(c1)ccc1c2c2c3ccccc3ccc2n1-c1ccc(-n2c3ccc4ccccc4c3c3c4ccccc4ccc32)cc1. The van der Waals surface area contributed by atoms with E-state index in [1.54, 1.807) is 0 Å². The second-order valence-corrected chi connectivity index (χ2v) is 12.9. The fraction of sp³-hybridized carbons (Fsp3) is 0. The van der Waals surface area contributed by atoms with E-state index in [-0.39, 0.29) is 0 Å². The van der Waals surface area contributed by atoms with Crippen LogP contribution in [0.4, 0.5) is 0 Å². The fourth-order valence-corrected chi connectivity index (χ4v) is 8.40. The van der Waals surface area contributed by atoms with Gasteiger partial charge in [-0.2, -0.15) is 0 Å². The molecule has 0 saturated carbocycles. The van der Waals surface area contributed by atoms with Crippen LogP contribution >= 0.6 is 0 Å². The van der Waals surface area contributed by atoms with Crippen LogP contribution in [0.3, 0.4) is 0 Å². The lowest BCUT2D eigenvalue weighted by Gasteiger charge is -2.12. The van der Waals surface area contributed by atoms with Crippen molar-refractivity contribution in [3.63, 3.8) is 0 Å². The van der Waals surface area contributed by atoms with Crippen LogP contribution in [0.15, 0.2) is 170 Å². The van der Waals surface area contributed by atoms with Gasteiger partial charge in [-0.15, -0.1) is 0 Å². The minimum absolute atomic E-state index is 1.15. The molecular weight excluding hydrogens is 581 g/mol. The highest BCUT2D eigenvalue weighted by molar-refractivity contribution is 6.29. The summed E-state index contributed by atoms with van der Waals surface area (Å²) in [5.74, 6) is 0. The van der Waals surface area contributed by atoms with Gasteiger partial charge < -0.3 is 9.13 Å². The summed E-state index contributed by atoms with van der Waals surface area (Å²) in [7, 11) is 0. The fourth-order valence-electron chi connectivity index (χ4n) is 8.40. The van der Waals surface area contributed by atoms with E-state index in [1.807, 2.05) is 0 Å². The largest absolute Gasteiger partial charge is 0.309 e. The monoisotopic (exact) mass is 608 g/mol. The van der Waals surface area contributed by atoms with Gasteiger partial charge in [-0.25, -0.2) is 0 Å². The standard InChI is InChI=1S/C46H28N2/c1-5-13-35-29(9-1)17-25-39-43(35)44-36-14-6-2-10-30(36)18-26-40(44)47(39)33-21-23-34(24-22-33)48-41-27-19-31-11-3-7-15-37(31)45(41)46-38-16-8-4-12-32(38)20-28-42(46)48/h1-28H. The molecule has 0 atom stereocenters. The minimum Gasteiger partial charge on any atom is -0.309 e. The lowest BCUT2D eigenvalue weighted by Crippen LogP contribution is -1.97. The van der Waals surface area contributed by atoms with Crippen molar-refractivity contribution in [2.24, 2.45) is 0 Å². The highest BCUT2D eigenvalue weighted by Gasteiger charge is 2.19. The molecule has 11 aromatic rings. The number of fused-ring (bicyclic) bond motifs is 14. The maximum atomic E-state index is 2.44. The molecule has 2 heteroatoms. The van der Waals surface area contributed by atoms with Gasteiger partial charge in [0.15, 0.2) is 0 Å². The lowest BCUT2D eigenvalue weighted by molar-refractivity contribution is 1.15. The summed E-state index contributed by atoms with van der Waals surface area (Å²) in [5, 5.41) is 15.4. The number of nitrogens with zero attached hydrogens (tertiary/aromatic N) is 2. The van der Waals surface area contributed by atoms with Crippen LogP contribution in [0.25, 0.3) is 98.1 Å². The highest BCUT2D eigenvalue weighted by Crippen LogP contribution is 2.42. The van der Waals surface area contributed by atoms with Gasteiger partial charge in [0.2, 0.25) is 0 Å². The molecule has 0 aliphatic heterocycles. The maximum Gasteiger partial charge on any atom is 0.0547 e. The van der Waals surface area contributed by atoms with Gasteiger partial charge in [0.25, 0.3) is 0 Å². The molecule has 222 valence electrons. The minimum atomic E-state index is 1.15. The van der Waals surface area contributed by atoms with Crippen molar-refractivity contribution in [2.75, 3.05) is 0 Å². The average Bonchev–Trinajstić information content (AvgIpc) is 3.69. The Balaban J connectivity index is 1.20. The Morgan fingerprint density at radius 1 is 0.229 bits per heavy atom. The van der Waals surface area contributed by atoms with Crippen LogP contribution in [0, 0.1) is 0 Å². The van der Waals surface area contributed by atoms with Crippen molar-refractivity contribution in [1.29, 1.82) is 0 Å². The van der Waals surface area contributed by atoms with Crippen LogP contribution in [-0.2, 0) is 0 Å². The third-order valence-electron chi connectivity index (χ3n) is 10.5. The van der Waals surface area contributed by atoms with Crippen LogP contribution < -0.4 is 0 Å². The summed E-state index contributed by atoms with van der Waals surface area (Å²) in [6, 6.07) is 62.5. The van der Waals surface area contributed by atoms with Crippen molar-refractivity contribution in [3.8, 4) is 11.4 Å². The van der Waals surface area contributed by atoms with Crippen LogP contribution in [-0.4, -0.2) is 9.13 Å². The molecule has 0 radical (unpaired) electrons. The zero-order valence-electron chi connectivity index (χ0n) is 26.1. The van der Waals surface area contributed by atoms with Crippen molar-refractivity contribution < 1.29 is 0 Å². The van der Waals surface area contributed by atoms with Gasteiger partial charge in [-0.1, -0.05) is 121 Å². The topological polar surface area (TPSA) is 9.86 Å². The Morgan fingerprint density at radius 2 is 0.479 bits per heavy atom. The van der Waals surface area contributed by atoms with Gasteiger partial charge in [0, 0.05) is 32.9 Å². The summed E-state index contributed by atoms with van der Waals surface area (Å²) >= 11 is 0. The van der Waals surface area contributed by atoms with Crippen LogP contribution in [0.1, 0.15) is 0 Å². The summed E-state index contributed by atoms with van der Waals surface area (Å²) in [5.41, 5.74) is 7.21. The Kier molecular flexibility index (Phi) is 5.14. The van der Waals surface area contributed by atoms with Crippen molar-refractivity contribution in [1.82, 2.24) is 9.13 Å². The second kappa shape index (κ2) is 9.57. The predicted octanol–water partition coefficient (Wildman–Crippen LogP) is 12.5. The molecule has 0 bridgehead atoms. The van der Waals surface area contributed by atoms with Gasteiger partial charge in [-0.05, 0) is 91.6 Å². The van der Waals surface area contributed by atoms with E-state index in [0.717, 1.165) is 11.4 Å². The van der Waals surface area contributed by atoms with E-state index in [1.165, 1.54) is 86.7 Å². The zero-order valence-corrected chi connectivity index (χ0v) is 26.1. The zero-order chi connectivity index (χ0) is 31.3. The van der Waals surface area contributed by atoms with E-state index in [4.69, 9.17) is 0 Å². The Morgan fingerprint density at radius 3 is 0.750 bits per heavy atom. The first-order valence-electron chi connectivity index (χ1n) is 16.6. The van der Waals surface area contributed by atoms with Gasteiger partial charge in [0.1, 0.15) is 0 Å². The molecule has 0 unspecified atom stereocenters. The molecule has 2 aromatic heterocycles. The van der Waals surface area contributed by atoms with Crippen LogP contribution in [0.2, 0.25) is 0 Å². The third-order valence-corrected chi connectivity index (χ3v) is 10.5. The van der Waals surface area contributed by atoms with E-state index < -0.39 is 0 Å².